The number of rotatable bonds is 5. The van der Waals surface area contributed by atoms with E-state index in [1.54, 1.807) is 6.20 Å². The third-order valence-corrected chi connectivity index (χ3v) is 2.94. The molecule has 1 aromatic heterocycles. The first-order valence-electron chi connectivity index (χ1n) is 6.79. The van der Waals surface area contributed by atoms with Gasteiger partial charge in [0.2, 0.25) is 0 Å². The highest BCUT2D eigenvalue weighted by atomic mass is 16.5. The molecule has 1 aromatic carbocycles. The van der Waals surface area contributed by atoms with Gasteiger partial charge in [0.05, 0.1) is 17.8 Å². The Hall–Kier alpha value is -2.23. The van der Waals surface area contributed by atoms with Crippen LogP contribution in [0.1, 0.15) is 32.4 Å². The molecule has 3 N–H and O–H groups in total. The van der Waals surface area contributed by atoms with Crippen LogP contribution >= 0.6 is 0 Å². The number of benzene rings is 1. The molecule has 4 nitrogen and oxygen atoms in total. The minimum Gasteiger partial charge on any atom is -0.489 e. The Morgan fingerprint density at radius 2 is 2.00 bits per heavy atom. The molecule has 1 atom stereocenters. The predicted molar refractivity (Wildman–Crippen MR) is 82.9 cm³/mol. The number of anilines is 2. The van der Waals surface area contributed by atoms with E-state index in [9.17, 15) is 0 Å². The molecule has 106 valence electrons. The largest absolute Gasteiger partial charge is 0.489 e. The van der Waals surface area contributed by atoms with Crippen molar-refractivity contribution in [3.05, 3.63) is 48.3 Å². The lowest BCUT2D eigenvalue weighted by Crippen LogP contribution is -2.10. The number of aromatic nitrogens is 1. The molecule has 0 bridgehead atoms. The number of hydrogen-bond acceptors (Lipinski definition) is 4. The summed E-state index contributed by atoms with van der Waals surface area (Å²) in [5.41, 5.74) is 8.68. The zero-order chi connectivity index (χ0) is 14.5. The summed E-state index contributed by atoms with van der Waals surface area (Å²) < 4.78 is 5.70. The molecular weight excluding hydrogens is 250 g/mol. The van der Waals surface area contributed by atoms with E-state index in [2.05, 4.69) is 17.2 Å². The topological polar surface area (TPSA) is 60.2 Å². The smallest absolute Gasteiger partial charge is 0.144 e. The summed E-state index contributed by atoms with van der Waals surface area (Å²) in [6.07, 6.45) is 3.73. The number of ether oxygens (including phenoxy) is 1. The highest BCUT2D eigenvalue weighted by Gasteiger charge is 2.08. The Morgan fingerprint density at radius 3 is 2.65 bits per heavy atom. The van der Waals surface area contributed by atoms with Crippen LogP contribution in [0.5, 0.6) is 5.75 Å². The van der Waals surface area contributed by atoms with Crippen LogP contribution in [0.25, 0.3) is 0 Å². The van der Waals surface area contributed by atoms with Crippen LogP contribution in [0.15, 0.2) is 42.7 Å². The van der Waals surface area contributed by atoms with E-state index in [4.69, 9.17) is 10.5 Å². The monoisotopic (exact) mass is 271 g/mol. The first kappa shape index (κ1) is 14.2. The molecule has 20 heavy (non-hydrogen) atoms. The lowest BCUT2D eigenvalue weighted by atomic mass is 10.1. The molecule has 1 unspecified atom stereocenters. The van der Waals surface area contributed by atoms with Gasteiger partial charge in [-0.25, -0.2) is 0 Å². The molecule has 0 radical (unpaired) electrons. The molecule has 0 aliphatic rings. The molecule has 0 amide bonds. The first-order valence-corrected chi connectivity index (χ1v) is 6.79. The van der Waals surface area contributed by atoms with Gasteiger partial charge in [0.1, 0.15) is 5.75 Å². The van der Waals surface area contributed by atoms with Crippen LogP contribution < -0.4 is 15.8 Å². The molecule has 0 spiro atoms. The Bertz CT molecular complexity index is 555. The van der Waals surface area contributed by atoms with Gasteiger partial charge in [-0.3, -0.25) is 4.98 Å². The third kappa shape index (κ3) is 3.63. The summed E-state index contributed by atoms with van der Waals surface area (Å²) in [7, 11) is 0. The molecule has 0 aliphatic carbocycles. The van der Waals surface area contributed by atoms with Gasteiger partial charge in [-0.1, -0.05) is 6.07 Å². The number of nitrogen functional groups attached to an aromatic ring is 1. The zero-order valence-electron chi connectivity index (χ0n) is 12.1. The van der Waals surface area contributed by atoms with Crippen LogP contribution in [0.3, 0.4) is 0 Å². The first-order chi connectivity index (χ1) is 9.56. The van der Waals surface area contributed by atoms with E-state index in [0.29, 0.717) is 11.4 Å². The zero-order valence-corrected chi connectivity index (χ0v) is 12.1. The molecule has 0 saturated heterocycles. The molecule has 0 aliphatic heterocycles. The van der Waals surface area contributed by atoms with Gasteiger partial charge in [-0.15, -0.1) is 0 Å². The lowest BCUT2D eigenvalue weighted by molar-refractivity contribution is 0.244. The van der Waals surface area contributed by atoms with Gasteiger partial charge in [0, 0.05) is 24.1 Å². The Balaban J connectivity index is 2.13. The van der Waals surface area contributed by atoms with Crippen LogP contribution in [0.2, 0.25) is 0 Å². The second-order valence-corrected chi connectivity index (χ2v) is 5.07. The highest BCUT2D eigenvalue weighted by molar-refractivity contribution is 5.61. The highest BCUT2D eigenvalue weighted by Crippen LogP contribution is 2.28. The minimum absolute atomic E-state index is 0.100. The van der Waals surface area contributed by atoms with E-state index in [0.717, 1.165) is 11.3 Å². The summed E-state index contributed by atoms with van der Waals surface area (Å²) in [5.74, 6) is 0.711. The number of nitrogens with two attached hydrogens (primary N) is 1. The summed E-state index contributed by atoms with van der Waals surface area (Å²) in [4.78, 5) is 4.13. The maximum Gasteiger partial charge on any atom is 0.144 e. The number of nitrogens with one attached hydrogen (secondary N) is 1. The van der Waals surface area contributed by atoms with Crippen molar-refractivity contribution >= 4 is 11.4 Å². The average molecular weight is 271 g/mol. The molecule has 1 heterocycles. The van der Waals surface area contributed by atoms with Crippen molar-refractivity contribution in [3.8, 4) is 5.75 Å². The summed E-state index contributed by atoms with van der Waals surface area (Å²) in [6.45, 7) is 6.06. The number of pyridine rings is 1. The van der Waals surface area contributed by atoms with Crippen LogP contribution in [0, 0.1) is 0 Å². The summed E-state index contributed by atoms with van der Waals surface area (Å²) in [6, 6.07) is 9.89. The molecule has 2 aromatic rings. The van der Waals surface area contributed by atoms with Gasteiger partial charge in [0.15, 0.2) is 0 Å². The fraction of sp³-hybridized carbons (Fsp3) is 0.312. The van der Waals surface area contributed by atoms with E-state index >= 15 is 0 Å². The standard InChI is InChI=1S/C16H21N3O/c1-11(2)20-16-9-14(6-7-15(16)17)19-12(3)13-5-4-8-18-10-13/h4-12,19H,17H2,1-3H3. The maximum atomic E-state index is 5.92. The molecule has 2 rings (SSSR count). The lowest BCUT2D eigenvalue weighted by Gasteiger charge is -2.18. The van der Waals surface area contributed by atoms with Crippen molar-refractivity contribution in [1.82, 2.24) is 4.98 Å². The van der Waals surface area contributed by atoms with Crippen molar-refractivity contribution in [2.24, 2.45) is 0 Å². The number of nitrogens with zero attached hydrogens (tertiary/aromatic N) is 1. The van der Waals surface area contributed by atoms with Gasteiger partial charge in [-0.2, -0.15) is 0 Å². The van der Waals surface area contributed by atoms with Crippen LogP contribution in [-0.2, 0) is 0 Å². The SMILES string of the molecule is CC(C)Oc1cc(NC(C)c2cccnc2)ccc1N. The Labute approximate surface area is 120 Å². The third-order valence-electron chi connectivity index (χ3n) is 2.94. The predicted octanol–water partition coefficient (Wildman–Crippen LogP) is 3.62. The summed E-state index contributed by atoms with van der Waals surface area (Å²) in [5, 5.41) is 3.42. The quantitative estimate of drug-likeness (QED) is 0.815. The average Bonchev–Trinajstić information content (AvgIpc) is 2.43. The van der Waals surface area contributed by atoms with Gasteiger partial charge in [0.25, 0.3) is 0 Å². The summed E-state index contributed by atoms with van der Waals surface area (Å²) >= 11 is 0. The Kier molecular flexibility index (Phi) is 4.45. The van der Waals surface area contributed by atoms with Crippen molar-refractivity contribution in [3.63, 3.8) is 0 Å². The van der Waals surface area contributed by atoms with Crippen molar-refractivity contribution in [2.75, 3.05) is 11.1 Å². The fourth-order valence-electron chi connectivity index (χ4n) is 1.95. The second-order valence-electron chi connectivity index (χ2n) is 5.07. The van der Waals surface area contributed by atoms with Crippen LogP contribution in [-0.4, -0.2) is 11.1 Å². The van der Waals surface area contributed by atoms with Gasteiger partial charge < -0.3 is 15.8 Å². The second kappa shape index (κ2) is 6.28. The number of hydrogen-bond donors (Lipinski definition) is 2. The fourth-order valence-corrected chi connectivity index (χ4v) is 1.95. The maximum absolute atomic E-state index is 5.92. The van der Waals surface area contributed by atoms with Gasteiger partial charge >= 0.3 is 0 Å². The molecule has 4 heteroatoms. The van der Waals surface area contributed by atoms with E-state index in [1.807, 2.05) is 50.4 Å². The minimum atomic E-state index is 0.100. The van der Waals surface area contributed by atoms with E-state index in [1.165, 1.54) is 0 Å². The Morgan fingerprint density at radius 1 is 1.20 bits per heavy atom. The van der Waals surface area contributed by atoms with E-state index in [-0.39, 0.29) is 12.1 Å². The van der Waals surface area contributed by atoms with Crippen molar-refractivity contribution in [2.45, 2.75) is 32.9 Å². The van der Waals surface area contributed by atoms with Crippen molar-refractivity contribution < 1.29 is 4.74 Å². The molecular formula is C16H21N3O. The van der Waals surface area contributed by atoms with Crippen LogP contribution in [0.4, 0.5) is 11.4 Å². The van der Waals surface area contributed by atoms with Crippen molar-refractivity contribution in [1.29, 1.82) is 0 Å². The van der Waals surface area contributed by atoms with E-state index < -0.39 is 0 Å². The van der Waals surface area contributed by atoms with Gasteiger partial charge in [-0.05, 0) is 44.5 Å². The molecule has 0 fully saturated rings. The normalized spacial score (nSPS) is 12.2. The molecule has 0 saturated carbocycles.